The molecule has 1 aliphatic carbocycles. The first kappa shape index (κ1) is 13.7. The maximum atomic E-state index is 11.9. The van der Waals surface area contributed by atoms with Crippen molar-refractivity contribution in [3.05, 3.63) is 24.3 Å². The van der Waals surface area contributed by atoms with Gasteiger partial charge in [0.05, 0.1) is 0 Å². The Balaban J connectivity index is 1.82. The lowest BCUT2D eigenvalue weighted by Crippen LogP contribution is -2.41. The highest BCUT2D eigenvalue weighted by Crippen LogP contribution is 2.34. The first-order chi connectivity index (χ1) is 8.94. The van der Waals surface area contributed by atoms with Crippen LogP contribution in [-0.2, 0) is 0 Å². The lowest BCUT2D eigenvalue weighted by atomic mass is 9.76. The van der Waals surface area contributed by atoms with E-state index in [-0.39, 0.29) is 12.1 Å². The quantitative estimate of drug-likeness (QED) is 0.715. The van der Waals surface area contributed by atoms with Crippen molar-refractivity contribution in [2.75, 3.05) is 11.1 Å². The van der Waals surface area contributed by atoms with Crippen LogP contribution in [0.3, 0.4) is 0 Å². The predicted octanol–water partition coefficient (Wildman–Crippen LogP) is 3.36. The summed E-state index contributed by atoms with van der Waals surface area (Å²) in [5, 5.41) is 5.85. The van der Waals surface area contributed by atoms with Crippen LogP contribution in [0, 0.1) is 5.41 Å². The molecular formula is C15H23N3O. The maximum Gasteiger partial charge on any atom is 0.319 e. The van der Waals surface area contributed by atoms with E-state index < -0.39 is 0 Å². The van der Waals surface area contributed by atoms with E-state index in [0.29, 0.717) is 11.1 Å². The zero-order valence-corrected chi connectivity index (χ0v) is 11.7. The third-order valence-electron chi connectivity index (χ3n) is 3.82. The van der Waals surface area contributed by atoms with Crippen LogP contribution in [0.25, 0.3) is 0 Å². The third kappa shape index (κ3) is 4.16. The Morgan fingerprint density at radius 3 is 2.63 bits per heavy atom. The molecule has 0 radical (unpaired) electrons. The van der Waals surface area contributed by atoms with Crippen LogP contribution in [0.1, 0.15) is 39.5 Å². The number of carbonyl (C=O) groups excluding carboxylic acids is 1. The second-order valence-electron chi connectivity index (χ2n) is 6.16. The topological polar surface area (TPSA) is 67.2 Å². The van der Waals surface area contributed by atoms with Crippen molar-refractivity contribution >= 4 is 17.4 Å². The first-order valence-corrected chi connectivity index (χ1v) is 6.88. The van der Waals surface area contributed by atoms with Gasteiger partial charge in [0.25, 0.3) is 0 Å². The van der Waals surface area contributed by atoms with Gasteiger partial charge in [-0.25, -0.2) is 4.79 Å². The average molecular weight is 261 g/mol. The van der Waals surface area contributed by atoms with Crippen LogP contribution in [0.4, 0.5) is 16.2 Å². The van der Waals surface area contributed by atoms with E-state index in [2.05, 4.69) is 24.5 Å². The van der Waals surface area contributed by atoms with Gasteiger partial charge < -0.3 is 16.4 Å². The van der Waals surface area contributed by atoms with Crippen LogP contribution in [0.15, 0.2) is 24.3 Å². The number of amides is 2. The normalized spacial score (nSPS) is 18.8. The highest BCUT2D eigenvalue weighted by molar-refractivity contribution is 5.89. The number of hydrogen-bond donors (Lipinski definition) is 3. The van der Waals surface area contributed by atoms with Gasteiger partial charge >= 0.3 is 6.03 Å². The summed E-state index contributed by atoms with van der Waals surface area (Å²) in [4.78, 5) is 11.9. The van der Waals surface area contributed by atoms with Crippen molar-refractivity contribution in [1.29, 1.82) is 0 Å². The fourth-order valence-electron chi connectivity index (χ4n) is 2.51. The molecule has 1 aromatic carbocycles. The molecule has 0 aliphatic heterocycles. The summed E-state index contributed by atoms with van der Waals surface area (Å²) >= 11 is 0. The van der Waals surface area contributed by atoms with Crippen LogP contribution >= 0.6 is 0 Å². The Hall–Kier alpha value is -1.71. The van der Waals surface area contributed by atoms with Crippen LogP contribution < -0.4 is 16.4 Å². The maximum absolute atomic E-state index is 11.9. The molecular weight excluding hydrogens is 238 g/mol. The minimum absolute atomic E-state index is 0.143. The lowest BCUT2D eigenvalue weighted by molar-refractivity contribution is 0.202. The van der Waals surface area contributed by atoms with Crippen molar-refractivity contribution in [2.45, 2.75) is 45.6 Å². The van der Waals surface area contributed by atoms with Gasteiger partial charge in [-0.2, -0.15) is 0 Å². The monoisotopic (exact) mass is 261 g/mol. The van der Waals surface area contributed by atoms with Crippen molar-refractivity contribution in [3.63, 3.8) is 0 Å². The van der Waals surface area contributed by atoms with Gasteiger partial charge in [-0.3, -0.25) is 0 Å². The van der Waals surface area contributed by atoms with E-state index in [1.54, 1.807) is 12.1 Å². The molecule has 2 rings (SSSR count). The van der Waals surface area contributed by atoms with E-state index in [4.69, 9.17) is 5.73 Å². The Morgan fingerprint density at radius 2 is 2.00 bits per heavy atom. The number of anilines is 2. The van der Waals surface area contributed by atoms with Crippen LogP contribution in [-0.4, -0.2) is 12.1 Å². The zero-order valence-electron chi connectivity index (χ0n) is 11.7. The van der Waals surface area contributed by atoms with Crippen molar-refractivity contribution in [1.82, 2.24) is 5.32 Å². The van der Waals surface area contributed by atoms with Gasteiger partial charge in [-0.15, -0.1) is 0 Å². The predicted molar refractivity (Wildman–Crippen MR) is 79.0 cm³/mol. The fraction of sp³-hybridized carbons (Fsp3) is 0.533. The molecule has 0 bridgehead atoms. The van der Waals surface area contributed by atoms with E-state index in [0.717, 1.165) is 31.4 Å². The van der Waals surface area contributed by atoms with Crippen LogP contribution in [0.2, 0.25) is 0 Å². The number of carbonyl (C=O) groups is 1. The molecule has 0 spiro atoms. The minimum atomic E-state index is -0.143. The smallest absolute Gasteiger partial charge is 0.319 e. The molecule has 1 saturated carbocycles. The molecule has 104 valence electrons. The molecule has 4 nitrogen and oxygen atoms in total. The molecule has 2 amide bonds. The van der Waals surface area contributed by atoms with Crippen molar-refractivity contribution in [3.8, 4) is 0 Å². The molecule has 19 heavy (non-hydrogen) atoms. The van der Waals surface area contributed by atoms with Gasteiger partial charge in [0.2, 0.25) is 0 Å². The molecule has 4 heteroatoms. The number of nitrogens with two attached hydrogens (primary N) is 1. The second-order valence-corrected chi connectivity index (χ2v) is 6.16. The van der Waals surface area contributed by atoms with Gasteiger partial charge in [0, 0.05) is 17.4 Å². The summed E-state index contributed by atoms with van der Waals surface area (Å²) in [7, 11) is 0. The third-order valence-corrected chi connectivity index (χ3v) is 3.82. The molecule has 4 N–H and O–H groups in total. The number of rotatable bonds is 2. The highest BCUT2D eigenvalue weighted by atomic mass is 16.2. The summed E-state index contributed by atoms with van der Waals surface area (Å²) in [6.45, 7) is 4.58. The summed E-state index contributed by atoms with van der Waals surface area (Å²) in [5.41, 5.74) is 7.48. The number of nitrogens with one attached hydrogen (secondary N) is 2. The molecule has 1 fully saturated rings. The Kier molecular flexibility index (Phi) is 3.98. The van der Waals surface area contributed by atoms with Crippen LogP contribution in [0.5, 0.6) is 0 Å². The Morgan fingerprint density at radius 1 is 1.32 bits per heavy atom. The number of urea groups is 1. The molecule has 0 heterocycles. The van der Waals surface area contributed by atoms with E-state index >= 15 is 0 Å². The first-order valence-electron chi connectivity index (χ1n) is 6.88. The van der Waals surface area contributed by atoms with E-state index in [1.165, 1.54) is 0 Å². The number of benzene rings is 1. The molecule has 0 saturated heterocycles. The SMILES string of the molecule is CC1(C)CCC(NC(=O)Nc2cccc(N)c2)CC1. The van der Waals surface area contributed by atoms with Gasteiger partial charge in [-0.05, 0) is 49.3 Å². The Labute approximate surface area is 114 Å². The van der Waals surface area contributed by atoms with Gasteiger partial charge in [0.1, 0.15) is 0 Å². The van der Waals surface area contributed by atoms with Gasteiger partial charge in [0.15, 0.2) is 0 Å². The van der Waals surface area contributed by atoms with Gasteiger partial charge in [-0.1, -0.05) is 19.9 Å². The Bertz CT molecular complexity index is 446. The van der Waals surface area contributed by atoms with E-state index in [9.17, 15) is 4.79 Å². The fourth-order valence-corrected chi connectivity index (χ4v) is 2.51. The summed E-state index contributed by atoms with van der Waals surface area (Å²) in [6.07, 6.45) is 4.43. The minimum Gasteiger partial charge on any atom is -0.399 e. The van der Waals surface area contributed by atoms with Crippen molar-refractivity contribution < 1.29 is 4.79 Å². The molecule has 1 aromatic rings. The molecule has 0 unspecified atom stereocenters. The molecule has 0 aromatic heterocycles. The molecule has 0 atom stereocenters. The zero-order chi connectivity index (χ0) is 13.9. The molecule has 1 aliphatic rings. The number of hydrogen-bond acceptors (Lipinski definition) is 2. The van der Waals surface area contributed by atoms with E-state index in [1.807, 2.05) is 12.1 Å². The summed E-state index contributed by atoms with van der Waals surface area (Å²) in [6, 6.07) is 7.36. The number of nitrogen functional groups attached to an aromatic ring is 1. The summed E-state index contributed by atoms with van der Waals surface area (Å²) < 4.78 is 0. The second kappa shape index (κ2) is 5.51. The standard InChI is InChI=1S/C15H23N3O/c1-15(2)8-6-12(7-9-15)17-14(19)18-13-5-3-4-11(16)10-13/h3-5,10,12H,6-9,16H2,1-2H3,(H2,17,18,19). The van der Waals surface area contributed by atoms with Crippen molar-refractivity contribution in [2.24, 2.45) is 5.41 Å². The largest absolute Gasteiger partial charge is 0.399 e. The lowest BCUT2D eigenvalue weighted by Gasteiger charge is -2.34. The highest BCUT2D eigenvalue weighted by Gasteiger charge is 2.27. The average Bonchev–Trinajstić information content (AvgIpc) is 2.32. The summed E-state index contributed by atoms with van der Waals surface area (Å²) in [5.74, 6) is 0.